The SMILES string of the molecule is CCCOc1ccc(/C=C/C(=O)Nc2ncc([N+](=O)[O-])cc2C)cc1. The highest BCUT2D eigenvalue weighted by molar-refractivity contribution is 6.01. The highest BCUT2D eigenvalue weighted by Crippen LogP contribution is 2.18. The van der Waals surface area contributed by atoms with Crippen molar-refractivity contribution in [2.45, 2.75) is 20.3 Å². The molecule has 0 aliphatic heterocycles. The lowest BCUT2D eigenvalue weighted by Crippen LogP contribution is -2.10. The van der Waals surface area contributed by atoms with E-state index in [4.69, 9.17) is 4.74 Å². The fraction of sp³-hybridized carbons (Fsp3) is 0.222. The van der Waals surface area contributed by atoms with Crippen molar-refractivity contribution in [1.29, 1.82) is 0 Å². The van der Waals surface area contributed by atoms with E-state index >= 15 is 0 Å². The first kappa shape index (κ1) is 18.1. The lowest BCUT2D eigenvalue weighted by Gasteiger charge is -2.05. The topological polar surface area (TPSA) is 94.4 Å². The molecular formula is C18H19N3O4. The van der Waals surface area contributed by atoms with Crippen molar-refractivity contribution in [1.82, 2.24) is 4.98 Å². The van der Waals surface area contributed by atoms with Crippen molar-refractivity contribution < 1.29 is 14.5 Å². The molecule has 130 valence electrons. The molecule has 25 heavy (non-hydrogen) atoms. The van der Waals surface area contributed by atoms with E-state index in [1.54, 1.807) is 13.0 Å². The van der Waals surface area contributed by atoms with Gasteiger partial charge in [-0.05, 0) is 42.7 Å². The molecule has 2 aromatic rings. The summed E-state index contributed by atoms with van der Waals surface area (Å²) in [4.78, 5) is 26.0. The minimum atomic E-state index is -0.528. The minimum absolute atomic E-state index is 0.114. The predicted molar refractivity (Wildman–Crippen MR) is 95.5 cm³/mol. The number of nitro groups is 1. The number of nitrogens with zero attached hydrogens (tertiary/aromatic N) is 2. The Hall–Kier alpha value is -3.22. The Bertz CT molecular complexity index is 785. The zero-order valence-corrected chi connectivity index (χ0v) is 14.1. The van der Waals surface area contributed by atoms with Gasteiger partial charge < -0.3 is 10.1 Å². The van der Waals surface area contributed by atoms with E-state index in [9.17, 15) is 14.9 Å². The summed E-state index contributed by atoms with van der Waals surface area (Å²) in [5.41, 5.74) is 1.26. The number of ether oxygens (including phenoxy) is 1. The summed E-state index contributed by atoms with van der Waals surface area (Å²) in [7, 11) is 0. The van der Waals surface area contributed by atoms with Crippen molar-refractivity contribution in [2.24, 2.45) is 0 Å². The maximum atomic E-state index is 12.0. The fourth-order valence-electron chi connectivity index (χ4n) is 2.02. The third-order valence-electron chi connectivity index (χ3n) is 3.30. The molecule has 7 heteroatoms. The summed E-state index contributed by atoms with van der Waals surface area (Å²) < 4.78 is 5.49. The van der Waals surface area contributed by atoms with Gasteiger partial charge >= 0.3 is 0 Å². The summed E-state index contributed by atoms with van der Waals surface area (Å²) in [6.07, 6.45) is 5.10. The smallest absolute Gasteiger partial charge is 0.287 e. The van der Waals surface area contributed by atoms with Crippen molar-refractivity contribution >= 4 is 23.5 Å². The van der Waals surface area contributed by atoms with Gasteiger partial charge in [-0.2, -0.15) is 0 Å². The first-order valence-electron chi connectivity index (χ1n) is 7.82. The number of benzene rings is 1. The van der Waals surface area contributed by atoms with Crippen LogP contribution in [0, 0.1) is 17.0 Å². The largest absolute Gasteiger partial charge is 0.494 e. The number of pyridine rings is 1. The van der Waals surface area contributed by atoms with E-state index in [0.717, 1.165) is 23.9 Å². The van der Waals surface area contributed by atoms with Crippen LogP contribution in [-0.4, -0.2) is 22.4 Å². The zero-order chi connectivity index (χ0) is 18.2. The summed E-state index contributed by atoms with van der Waals surface area (Å²) in [5.74, 6) is 0.716. The highest BCUT2D eigenvalue weighted by Gasteiger charge is 2.10. The summed E-state index contributed by atoms with van der Waals surface area (Å²) in [6.45, 7) is 4.35. The molecule has 2 rings (SSSR count). The third kappa shape index (κ3) is 5.42. The van der Waals surface area contributed by atoms with Crippen LogP contribution in [0.15, 0.2) is 42.6 Å². The molecule has 0 fully saturated rings. The predicted octanol–water partition coefficient (Wildman–Crippen LogP) is 3.74. The molecule has 0 aliphatic carbocycles. The molecule has 1 amide bonds. The molecule has 0 atom stereocenters. The molecule has 0 spiro atoms. The fourth-order valence-corrected chi connectivity index (χ4v) is 2.02. The van der Waals surface area contributed by atoms with E-state index in [1.807, 2.05) is 31.2 Å². The van der Waals surface area contributed by atoms with Crippen LogP contribution in [0.3, 0.4) is 0 Å². The normalized spacial score (nSPS) is 10.6. The van der Waals surface area contributed by atoms with Crippen molar-refractivity contribution in [3.05, 3.63) is 63.8 Å². The van der Waals surface area contributed by atoms with E-state index in [2.05, 4.69) is 10.3 Å². The van der Waals surface area contributed by atoms with Gasteiger partial charge in [-0.3, -0.25) is 14.9 Å². The molecule has 0 saturated heterocycles. The van der Waals surface area contributed by atoms with Gasteiger partial charge in [0.25, 0.3) is 5.69 Å². The first-order chi connectivity index (χ1) is 12.0. The average molecular weight is 341 g/mol. The monoisotopic (exact) mass is 341 g/mol. The molecular weight excluding hydrogens is 322 g/mol. The molecule has 0 saturated carbocycles. The zero-order valence-electron chi connectivity index (χ0n) is 14.1. The molecule has 1 N–H and O–H groups in total. The highest BCUT2D eigenvalue weighted by atomic mass is 16.6. The average Bonchev–Trinajstić information content (AvgIpc) is 2.60. The quantitative estimate of drug-likeness (QED) is 0.470. The number of aryl methyl sites for hydroxylation is 1. The van der Waals surface area contributed by atoms with Gasteiger partial charge in [0.15, 0.2) is 0 Å². The van der Waals surface area contributed by atoms with E-state index in [1.165, 1.54) is 12.1 Å². The molecule has 0 bridgehead atoms. The number of carbonyl (C=O) groups excluding carboxylic acids is 1. The number of nitrogens with one attached hydrogen (secondary N) is 1. The molecule has 1 aromatic heterocycles. The molecule has 0 aliphatic rings. The van der Waals surface area contributed by atoms with Crippen LogP contribution in [0.5, 0.6) is 5.75 Å². The maximum absolute atomic E-state index is 12.0. The van der Waals surface area contributed by atoms with Gasteiger partial charge in [0.1, 0.15) is 17.8 Å². The molecule has 0 unspecified atom stereocenters. The second-order valence-corrected chi connectivity index (χ2v) is 5.36. The first-order valence-corrected chi connectivity index (χ1v) is 7.82. The third-order valence-corrected chi connectivity index (χ3v) is 3.30. The van der Waals surface area contributed by atoms with Crippen LogP contribution in [0.25, 0.3) is 6.08 Å². The lowest BCUT2D eigenvalue weighted by molar-refractivity contribution is -0.385. The Kier molecular flexibility index (Phi) is 6.22. The van der Waals surface area contributed by atoms with Crippen molar-refractivity contribution in [3.8, 4) is 5.75 Å². The number of rotatable bonds is 7. The minimum Gasteiger partial charge on any atom is -0.494 e. The van der Waals surface area contributed by atoms with Crippen molar-refractivity contribution in [3.63, 3.8) is 0 Å². The van der Waals surface area contributed by atoms with E-state index < -0.39 is 4.92 Å². The van der Waals surface area contributed by atoms with Gasteiger partial charge in [0.2, 0.25) is 5.91 Å². The van der Waals surface area contributed by atoms with Crippen LogP contribution >= 0.6 is 0 Å². The number of aromatic nitrogens is 1. The Labute approximate surface area is 145 Å². The molecule has 0 radical (unpaired) electrons. The molecule has 1 heterocycles. The second-order valence-electron chi connectivity index (χ2n) is 5.36. The van der Waals surface area contributed by atoms with Gasteiger partial charge in [0, 0.05) is 12.1 Å². The second kappa shape index (κ2) is 8.58. The Morgan fingerprint density at radius 1 is 1.36 bits per heavy atom. The van der Waals surface area contributed by atoms with Gasteiger partial charge in [-0.25, -0.2) is 4.98 Å². The summed E-state index contributed by atoms with van der Waals surface area (Å²) >= 11 is 0. The van der Waals surface area contributed by atoms with Crippen LogP contribution < -0.4 is 10.1 Å². The van der Waals surface area contributed by atoms with Crippen molar-refractivity contribution in [2.75, 3.05) is 11.9 Å². The van der Waals surface area contributed by atoms with E-state index in [-0.39, 0.29) is 11.6 Å². The summed E-state index contributed by atoms with van der Waals surface area (Å²) in [5, 5.41) is 13.3. The van der Waals surface area contributed by atoms with Crippen LogP contribution in [0.1, 0.15) is 24.5 Å². The number of anilines is 1. The van der Waals surface area contributed by atoms with Gasteiger partial charge in [-0.15, -0.1) is 0 Å². The molecule has 1 aromatic carbocycles. The Morgan fingerprint density at radius 3 is 2.68 bits per heavy atom. The lowest BCUT2D eigenvalue weighted by atomic mass is 10.2. The van der Waals surface area contributed by atoms with E-state index in [0.29, 0.717) is 18.0 Å². The van der Waals surface area contributed by atoms with Crippen LogP contribution in [0.2, 0.25) is 0 Å². The van der Waals surface area contributed by atoms with Crippen LogP contribution in [-0.2, 0) is 4.79 Å². The number of amides is 1. The molecule has 7 nitrogen and oxygen atoms in total. The number of hydrogen-bond acceptors (Lipinski definition) is 5. The Balaban J connectivity index is 1.97. The maximum Gasteiger partial charge on any atom is 0.287 e. The number of hydrogen-bond donors (Lipinski definition) is 1. The Morgan fingerprint density at radius 2 is 2.08 bits per heavy atom. The van der Waals surface area contributed by atoms with Gasteiger partial charge in [0.05, 0.1) is 11.5 Å². The summed E-state index contributed by atoms with van der Waals surface area (Å²) in [6, 6.07) is 8.75. The number of carbonyl (C=O) groups is 1. The van der Waals surface area contributed by atoms with Gasteiger partial charge in [-0.1, -0.05) is 19.1 Å². The van der Waals surface area contributed by atoms with Crippen LogP contribution in [0.4, 0.5) is 11.5 Å². The standard InChI is InChI=1S/C18H19N3O4/c1-3-10-25-16-7-4-14(5-8-16)6-9-17(22)20-18-13(2)11-15(12-19-18)21(23)24/h4-9,11-12H,3,10H2,1-2H3,(H,19,20,22)/b9-6+.